The van der Waals surface area contributed by atoms with E-state index in [4.69, 9.17) is 0 Å². The van der Waals surface area contributed by atoms with E-state index in [-0.39, 0.29) is 0 Å². The average Bonchev–Trinajstić information content (AvgIpc) is 3.00. The number of hydrogen-bond donors (Lipinski definition) is 0. The van der Waals surface area contributed by atoms with E-state index in [9.17, 15) is 0 Å². The second-order valence-electron chi connectivity index (χ2n) is 4.77. The van der Waals surface area contributed by atoms with Crippen LogP contribution in [0.15, 0.2) is 36.4 Å². The minimum absolute atomic E-state index is 0.388. The molecule has 0 amide bonds. The monoisotopic (exact) mass is 252 g/mol. The number of anilines is 2. The van der Waals surface area contributed by atoms with Crippen molar-refractivity contribution in [1.29, 1.82) is 0 Å². The first-order valence-corrected chi connectivity index (χ1v) is 6.25. The van der Waals surface area contributed by atoms with Gasteiger partial charge in [0, 0.05) is 11.7 Å². The van der Waals surface area contributed by atoms with Gasteiger partial charge in [0.1, 0.15) is 0 Å². The van der Waals surface area contributed by atoms with Crippen LogP contribution in [0.5, 0.6) is 0 Å². The van der Waals surface area contributed by atoms with Crippen molar-refractivity contribution in [1.82, 2.24) is 25.3 Å². The van der Waals surface area contributed by atoms with E-state index in [1.54, 1.807) is 0 Å². The van der Waals surface area contributed by atoms with Crippen molar-refractivity contribution in [3.8, 4) is 0 Å². The van der Waals surface area contributed by atoms with Crippen LogP contribution in [0, 0.1) is 0 Å². The van der Waals surface area contributed by atoms with Crippen LogP contribution in [-0.2, 0) is 6.42 Å². The van der Waals surface area contributed by atoms with Crippen LogP contribution in [0.25, 0.3) is 5.65 Å². The molecule has 3 heterocycles. The molecule has 6 nitrogen and oxygen atoms in total. The molecule has 1 aliphatic heterocycles. The van der Waals surface area contributed by atoms with E-state index in [2.05, 4.69) is 56.7 Å². The first-order valence-electron chi connectivity index (χ1n) is 6.25. The maximum Gasteiger partial charge on any atom is 0.200 e. The summed E-state index contributed by atoms with van der Waals surface area (Å²) in [6, 6.07) is 12.7. The normalized spacial score (nSPS) is 17.9. The van der Waals surface area contributed by atoms with Crippen molar-refractivity contribution >= 4 is 17.2 Å². The molecule has 4 rings (SSSR count). The molecule has 0 spiro atoms. The molecule has 0 unspecified atom stereocenters. The molecule has 1 aliphatic rings. The Morgan fingerprint density at radius 2 is 2.05 bits per heavy atom. The lowest BCUT2D eigenvalue weighted by atomic mass is 10.1. The Labute approximate surface area is 109 Å². The van der Waals surface area contributed by atoms with E-state index in [0.717, 1.165) is 12.2 Å². The molecule has 0 saturated heterocycles. The zero-order valence-corrected chi connectivity index (χ0v) is 10.4. The van der Waals surface area contributed by atoms with Gasteiger partial charge in [0.2, 0.25) is 0 Å². The van der Waals surface area contributed by atoms with Crippen LogP contribution in [0.4, 0.5) is 11.5 Å². The van der Waals surface area contributed by atoms with Crippen LogP contribution >= 0.6 is 0 Å². The minimum Gasteiger partial charge on any atom is -0.321 e. The summed E-state index contributed by atoms with van der Waals surface area (Å²) in [6.07, 6.45) is 1.03. The first-order chi connectivity index (χ1) is 9.33. The lowest BCUT2D eigenvalue weighted by molar-refractivity contribution is 0.700. The maximum absolute atomic E-state index is 4.47. The Hall–Kier alpha value is -2.50. The van der Waals surface area contributed by atoms with Crippen molar-refractivity contribution in [2.75, 3.05) is 4.90 Å². The van der Waals surface area contributed by atoms with E-state index in [1.807, 2.05) is 12.1 Å². The maximum atomic E-state index is 4.47. The summed E-state index contributed by atoms with van der Waals surface area (Å²) < 4.78 is 1.46. The summed E-state index contributed by atoms with van der Waals surface area (Å²) in [7, 11) is 0. The fourth-order valence-corrected chi connectivity index (χ4v) is 2.68. The van der Waals surface area contributed by atoms with Crippen molar-refractivity contribution < 1.29 is 0 Å². The van der Waals surface area contributed by atoms with E-state index < -0.39 is 0 Å². The molecule has 0 bridgehead atoms. The van der Waals surface area contributed by atoms with Crippen molar-refractivity contribution in [2.45, 2.75) is 19.4 Å². The molecular formula is C13H12N6. The lowest BCUT2D eigenvalue weighted by Crippen LogP contribution is -2.25. The third-order valence-electron chi connectivity index (χ3n) is 3.51. The average molecular weight is 252 g/mol. The number of benzene rings is 1. The predicted octanol–water partition coefficient (Wildman–Crippen LogP) is 1.60. The van der Waals surface area contributed by atoms with E-state index in [1.165, 1.54) is 15.9 Å². The highest BCUT2D eigenvalue weighted by atomic mass is 15.6. The van der Waals surface area contributed by atoms with Crippen LogP contribution in [-0.4, -0.2) is 31.3 Å². The summed E-state index contributed by atoms with van der Waals surface area (Å²) >= 11 is 0. The van der Waals surface area contributed by atoms with Gasteiger partial charge in [-0.25, -0.2) is 0 Å². The minimum atomic E-state index is 0.388. The summed E-state index contributed by atoms with van der Waals surface area (Å²) in [5.41, 5.74) is 3.23. The molecule has 6 heteroatoms. The zero-order valence-electron chi connectivity index (χ0n) is 10.4. The largest absolute Gasteiger partial charge is 0.321 e. The molecular weight excluding hydrogens is 240 g/mol. The molecule has 0 fully saturated rings. The van der Waals surface area contributed by atoms with Gasteiger partial charge < -0.3 is 4.90 Å². The SMILES string of the molecule is C[C@@H]1Cc2ccccc2N1c1ccc2nnnn2n1. The van der Waals surface area contributed by atoms with E-state index in [0.29, 0.717) is 11.7 Å². The Balaban J connectivity index is 1.87. The molecule has 2 aromatic heterocycles. The fraction of sp³-hybridized carbons (Fsp3) is 0.231. The van der Waals surface area contributed by atoms with Crippen molar-refractivity contribution in [2.24, 2.45) is 0 Å². The molecule has 0 saturated carbocycles. The van der Waals surface area contributed by atoms with Crippen LogP contribution in [0.1, 0.15) is 12.5 Å². The highest BCUT2D eigenvalue weighted by molar-refractivity contribution is 5.68. The number of aromatic nitrogens is 5. The Morgan fingerprint density at radius 1 is 1.16 bits per heavy atom. The van der Waals surface area contributed by atoms with E-state index >= 15 is 0 Å². The molecule has 0 aliphatic carbocycles. The third kappa shape index (κ3) is 1.49. The van der Waals surface area contributed by atoms with Crippen molar-refractivity contribution in [3.63, 3.8) is 0 Å². The molecule has 0 radical (unpaired) electrons. The summed E-state index contributed by atoms with van der Waals surface area (Å²) in [6.45, 7) is 2.20. The highest BCUT2D eigenvalue weighted by Crippen LogP contribution is 2.36. The van der Waals surface area contributed by atoms with Gasteiger partial charge in [-0.1, -0.05) is 18.2 Å². The molecule has 94 valence electrons. The number of nitrogens with zero attached hydrogens (tertiary/aromatic N) is 6. The second-order valence-corrected chi connectivity index (χ2v) is 4.77. The summed E-state index contributed by atoms with van der Waals surface area (Å²) in [5.74, 6) is 0.872. The Bertz CT molecular complexity index is 749. The van der Waals surface area contributed by atoms with Gasteiger partial charge >= 0.3 is 0 Å². The molecule has 1 atom stereocenters. The summed E-state index contributed by atoms with van der Waals surface area (Å²) in [5, 5.41) is 15.8. The number of fused-ring (bicyclic) bond motifs is 2. The van der Waals surface area contributed by atoms with Crippen LogP contribution in [0.3, 0.4) is 0 Å². The quantitative estimate of drug-likeness (QED) is 0.658. The zero-order chi connectivity index (χ0) is 12.8. The van der Waals surface area contributed by atoms with Gasteiger partial charge in [-0.3, -0.25) is 0 Å². The number of hydrogen-bond acceptors (Lipinski definition) is 5. The topological polar surface area (TPSA) is 59.2 Å². The molecule has 1 aromatic carbocycles. The third-order valence-corrected chi connectivity index (χ3v) is 3.51. The number of rotatable bonds is 1. The molecule has 0 N–H and O–H groups in total. The van der Waals surface area contributed by atoms with Gasteiger partial charge in [-0.2, -0.15) is 0 Å². The van der Waals surface area contributed by atoms with Crippen molar-refractivity contribution in [3.05, 3.63) is 42.0 Å². The number of tetrazole rings is 1. The van der Waals surface area contributed by atoms with Gasteiger partial charge in [-0.05, 0) is 47.5 Å². The standard InChI is InChI=1S/C13H12N6/c1-9-8-10-4-2-3-5-11(10)18(9)13-7-6-12-14-16-17-19(12)15-13/h2-7,9H,8H2,1H3/t9-/m1/s1. The highest BCUT2D eigenvalue weighted by Gasteiger charge is 2.27. The van der Waals surface area contributed by atoms with Gasteiger partial charge in [0.15, 0.2) is 11.5 Å². The van der Waals surface area contributed by atoms with Gasteiger partial charge in [0.25, 0.3) is 0 Å². The fourth-order valence-electron chi connectivity index (χ4n) is 2.68. The van der Waals surface area contributed by atoms with Crippen LogP contribution < -0.4 is 4.90 Å². The molecule has 19 heavy (non-hydrogen) atoms. The predicted molar refractivity (Wildman–Crippen MR) is 70.3 cm³/mol. The Kier molecular flexibility index (Phi) is 2.05. The first kappa shape index (κ1) is 10.4. The van der Waals surface area contributed by atoms with Crippen LogP contribution in [0.2, 0.25) is 0 Å². The smallest absolute Gasteiger partial charge is 0.200 e. The Morgan fingerprint density at radius 3 is 3.00 bits per heavy atom. The van der Waals surface area contributed by atoms with Gasteiger partial charge in [-0.15, -0.1) is 14.8 Å². The molecule has 3 aromatic rings. The number of para-hydroxylation sites is 1. The lowest BCUT2D eigenvalue weighted by Gasteiger charge is -2.23. The second kappa shape index (κ2) is 3.74. The summed E-state index contributed by atoms with van der Waals surface area (Å²) in [4.78, 5) is 2.23. The van der Waals surface area contributed by atoms with Gasteiger partial charge in [0.05, 0.1) is 0 Å².